The van der Waals surface area contributed by atoms with Crippen LogP contribution in [0.4, 0.5) is 0 Å². The van der Waals surface area contributed by atoms with E-state index in [0.29, 0.717) is 0 Å². The number of furan rings is 3. The molecule has 27 aromatic rings. The number of hydrogen-bond acceptors (Lipinski definition) is 3. The van der Waals surface area contributed by atoms with Crippen LogP contribution in [-0.4, -0.2) is 13.7 Å². The average molecular weight is 1530 g/mol. The van der Waals surface area contributed by atoms with Crippen LogP contribution in [0.5, 0.6) is 0 Å². The Bertz CT molecular complexity index is 8920. The molecule has 558 valence electrons. The Morgan fingerprint density at radius 3 is 0.883 bits per heavy atom. The molecule has 21 aromatic carbocycles. The molecule has 0 radical (unpaired) electrons. The third-order valence-corrected chi connectivity index (χ3v) is 25.1. The first-order valence-corrected chi connectivity index (χ1v) is 41.1. The van der Waals surface area contributed by atoms with Gasteiger partial charge < -0.3 is 27.0 Å². The Hall–Kier alpha value is -16.0. The number of fused-ring (bicyclic) bond motifs is 28. The first-order valence-electron chi connectivity index (χ1n) is 41.1. The van der Waals surface area contributed by atoms with Gasteiger partial charge in [-0.25, -0.2) is 0 Å². The summed E-state index contributed by atoms with van der Waals surface area (Å²) in [6.07, 6.45) is 0. The van der Waals surface area contributed by atoms with Gasteiger partial charge in [0.2, 0.25) is 0 Å². The van der Waals surface area contributed by atoms with Crippen molar-refractivity contribution in [3.8, 4) is 50.4 Å². The molecule has 6 heteroatoms. The minimum absolute atomic E-state index is 0.921. The lowest BCUT2D eigenvalue weighted by Crippen LogP contribution is -1.96. The first-order chi connectivity index (χ1) is 59.5. The van der Waals surface area contributed by atoms with Gasteiger partial charge in [-0.2, -0.15) is 0 Å². The fraction of sp³-hybridized carbons (Fsp3) is 0. The maximum Gasteiger partial charge on any atom is 0.135 e. The van der Waals surface area contributed by atoms with E-state index in [9.17, 15) is 0 Å². The summed E-state index contributed by atoms with van der Waals surface area (Å²) in [5.41, 5.74) is 23.6. The summed E-state index contributed by atoms with van der Waals surface area (Å²) in [5, 5.41) is 29.7. The molecular weight excluding hydrogens is 1460 g/mol. The van der Waals surface area contributed by atoms with Crippen molar-refractivity contribution in [1.82, 2.24) is 13.7 Å². The van der Waals surface area contributed by atoms with Gasteiger partial charge in [0, 0.05) is 81.1 Å². The van der Waals surface area contributed by atoms with E-state index in [1.807, 2.05) is 36.4 Å². The summed E-state index contributed by atoms with van der Waals surface area (Å²) in [4.78, 5) is 0. The third-order valence-electron chi connectivity index (χ3n) is 25.1. The number of hydrogen-bond donors (Lipinski definition) is 0. The number of aromatic nitrogens is 3. The topological polar surface area (TPSA) is 54.2 Å². The number of nitrogens with zero attached hydrogens (tertiary/aromatic N) is 3. The molecule has 0 amide bonds. The molecule has 0 aliphatic rings. The largest absolute Gasteiger partial charge is 0.456 e. The van der Waals surface area contributed by atoms with Gasteiger partial charge in [-0.15, -0.1) is 0 Å². The Balaban J connectivity index is 0.000000100. The maximum atomic E-state index is 6.10. The first kappa shape index (κ1) is 67.3. The lowest BCUT2D eigenvalue weighted by Gasteiger charge is -2.14. The van der Waals surface area contributed by atoms with Crippen molar-refractivity contribution in [1.29, 1.82) is 0 Å². The minimum Gasteiger partial charge on any atom is -0.456 e. The van der Waals surface area contributed by atoms with E-state index >= 15 is 0 Å². The molecule has 120 heavy (non-hydrogen) atoms. The Morgan fingerprint density at radius 2 is 0.425 bits per heavy atom. The molecule has 0 aliphatic carbocycles. The molecule has 0 aliphatic heterocycles. The zero-order valence-corrected chi connectivity index (χ0v) is 64.9. The SMILES string of the molecule is c1ccc2c(-n3c4ccccc4c4cc(-c5ccc6oc7ccccc7c6c5)ccc43)cccc2c1.c1ccc2c(c1)cc(-n1c3ccccc3c3cc(-c4ccc5oc6ccccc6c5c4)ccc31)c1ccccc12.c1ccc2c(c1)oc1ccc(-c3ccc4c(c3)c3ccccc3n4-c3ccc4c5ccccc5c5ccccc5c4c3)cc12. The van der Waals surface area contributed by atoms with Crippen LogP contribution in [0.25, 0.3) is 246 Å². The standard InChI is InChI=1S/C42H25NO.C38H23NO.C34H21NO/c1-2-11-31-29(9-1)30-10-3-4-12-32(30)36-25-28(19-20-33(31)36)43-39-15-7-5-13-34(39)37-23-26(17-21-40(37)43)27-18-22-42-38(24-27)35-14-6-8-16-41(35)44-42;1-2-10-27-26(9-1)23-36(29-12-4-3-11-28(27)29)39-34-15-7-5-13-30(34)32-21-24(17-19-35(32)39)25-18-20-38-33(22-25)31-14-6-8-16-37(31)40-38;1-2-10-25-22(8-1)9-7-14-30(25)35-31-13-5-3-11-26(31)28-20-23(16-18-32(28)35)24-17-19-34-29(21-24)27-12-4-6-15-33(27)36-34/h1-25H;1-23H;1-21H. The van der Waals surface area contributed by atoms with E-state index < -0.39 is 0 Å². The van der Waals surface area contributed by atoms with E-state index in [2.05, 4.69) is 396 Å². The summed E-state index contributed by atoms with van der Waals surface area (Å²) in [6, 6.07) is 151. The minimum atomic E-state index is 0.921. The second kappa shape index (κ2) is 26.8. The number of rotatable bonds is 6. The lowest BCUT2D eigenvalue weighted by molar-refractivity contribution is 0.668. The van der Waals surface area contributed by atoms with Gasteiger partial charge in [0.25, 0.3) is 0 Å². The summed E-state index contributed by atoms with van der Waals surface area (Å²) in [7, 11) is 0. The predicted octanol–water partition coefficient (Wildman–Crippen LogP) is 32.0. The molecule has 0 N–H and O–H groups in total. The highest BCUT2D eigenvalue weighted by Crippen LogP contribution is 2.46. The van der Waals surface area contributed by atoms with Crippen LogP contribution in [0.2, 0.25) is 0 Å². The van der Waals surface area contributed by atoms with Crippen LogP contribution >= 0.6 is 0 Å². The van der Waals surface area contributed by atoms with Crippen LogP contribution in [-0.2, 0) is 0 Å². The highest BCUT2D eigenvalue weighted by Gasteiger charge is 2.22. The molecule has 0 saturated carbocycles. The Labute approximate surface area is 687 Å². The van der Waals surface area contributed by atoms with Gasteiger partial charge in [0.05, 0.1) is 44.5 Å². The molecule has 6 nitrogen and oxygen atoms in total. The summed E-state index contributed by atoms with van der Waals surface area (Å²) in [6.45, 7) is 0. The molecular formula is C114H69N3O3. The molecule has 0 atom stereocenters. The molecule has 0 bridgehead atoms. The van der Waals surface area contributed by atoms with Crippen LogP contribution < -0.4 is 0 Å². The van der Waals surface area contributed by atoms with Crippen molar-refractivity contribution in [2.45, 2.75) is 0 Å². The van der Waals surface area contributed by atoms with Crippen LogP contribution in [0.15, 0.2) is 432 Å². The predicted molar refractivity (Wildman–Crippen MR) is 506 cm³/mol. The smallest absolute Gasteiger partial charge is 0.135 e. The van der Waals surface area contributed by atoms with Gasteiger partial charge in [-0.1, -0.05) is 285 Å². The number of benzene rings is 21. The molecule has 6 aromatic heterocycles. The zero-order valence-electron chi connectivity index (χ0n) is 64.9. The number of para-hydroxylation sites is 6. The maximum absolute atomic E-state index is 6.10. The van der Waals surface area contributed by atoms with E-state index in [1.54, 1.807) is 0 Å². The average Bonchev–Trinajstić information content (AvgIpc) is 1.50. The van der Waals surface area contributed by atoms with Crippen molar-refractivity contribution in [3.63, 3.8) is 0 Å². The van der Waals surface area contributed by atoms with Gasteiger partial charge in [0.1, 0.15) is 33.5 Å². The fourth-order valence-electron chi connectivity index (χ4n) is 19.6. The highest BCUT2D eigenvalue weighted by molar-refractivity contribution is 6.26. The summed E-state index contributed by atoms with van der Waals surface area (Å²) in [5.74, 6) is 0. The molecule has 0 unspecified atom stereocenters. The van der Waals surface area contributed by atoms with E-state index in [1.165, 1.54) is 180 Å². The van der Waals surface area contributed by atoms with Gasteiger partial charge >= 0.3 is 0 Å². The molecule has 0 saturated heterocycles. The highest BCUT2D eigenvalue weighted by atomic mass is 16.3. The quantitative estimate of drug-likeness (QED) is 0.156. The second-order valence-electron chi connectivity index (χ2n) is 31.7. The van der Waals surface area contributed by atoms with Crippen molar-refractivity contribution < 1.29 is 13.3 Å². The van der Waals surface area contributed by atoms with Crippen molar-refractivity contribution in [2.75, 3.05) is 0 Å². The third kappa shape index (κ3) is 10.5. The summed E-state index contributed by atoms with van der Waals surface area (Å²) >= 11 is 0. The normalized spacial score (nSPS) is 12.0. The van der Waals surface area contributed by atoms with E-state index in [-0.39, 0.29) is 0 Å². The molecule has 27 rings (SSSR count). The van der Waals surface area contributed by atoms with E-state index in [4.69, 9.17) is 13.3 Å². The Kier molecular flexibility index (Phi) is 15.0. The van der Waals surface area contributed by atoms with E-state index in [0.717, 1.165) is 65.8 Å². The van der Waals surface area contributed by atoms with Gasteiger partial charge in [-0.05, 0) is 221 Å². The molecule has 0 spiro atoms. The lowest BCUT2D eigenvalue weighted by atomic mass is 9.94. The van der Waals surface area contributed by atoms with Crippen LogP contribution in [0.1, 0.15) is 0 Å². The molecule has 6 heterocycles. The van der Waals surface area contributed by atoms with Crippen LogP contribution in [0.3, 0.4) is 0 Å². The van der Waals surface area contributed by atoms with Crippen molar-refractivity contribution >= 4 is 196 Å². The summed E-state index contributed by atoms with van der Waals surface area (Å²) < 4.78 is 25.5. The monoisotopic (exact) mass is 1530 g/mol. The molecule has 0 fully saturated rings. The van der Waals surface area contributed by atoms with Crippen molar-refractivity contribution in [2.24, 2.45) is 0 Å². The fourth-order valence-corrected chi connectivity index (χ4v) is 19.6. The van der Waals surface area contributed by atoms with Gasteiger partial charge in [0.15, 0.2) is 0 Å². The van der Waals surface area contributed by atoms with Gasteiger partial charge in [-0.3, -0.25) is 0 Å². The van der Waals surface area contributed by atoms with Crippen molar-refractivity contribution in [3.05, 3.63) is 419 Å². The zero-order chi connectivity index (χ0) is 78.6. The van der Waals surface area contributed by atoms with Crippen LogP contribution in [0, 0.1) is 0 Å². The second-order valence-corrected chi connectivity index (χ2v) is 31.7. The Morgan fingerprint density at radius 1 is 0.133 bits per heavy atom.